The van der Waals surface area contributed by atoms with Gasteiger partial charge in [-0.05, 0) is 90.1 Å². The van der Waals surface area contributed by atoms with E-state index in [0.717, 1.165) is 5.02 Å². The van der Waals surface area contributed by atoms with Crippen molar-refractivity contribution in [1.29, 1.82) is 0 Å². The van der Waals surface area contributed by atoms with Crippen LogP contribution < -0.4 is 4.90 Å². The van der Waals surface area contributed by atoms with Gasteiger partial charge < -0.3 is 4.90 Å². The monoisotopic (exact) mass is 475 g/mol. The van der Waals surface area contributed by atoms with Gasteiger partial charge in [0.1, 0.15) is 0 Å². The molecule has 0 saturated heterocycles. The molecule has 6 rings (SSSR count). The van der Waals surface area contributed by atoms with Crippen molar-refractivity contribution in [2.45, 2.75) is 44.6 Å². The second-order valence-corrected chi connectivity index (χ2v) is 10.3. The molecule has 0 aromatic heterocycles. The minimum atomic E-state index is 0.561. The minimum absolute atomic E-state index is 0.561. The first kappa shape index (κ1) is 22.2. The lowest BCUT2D eigenvalue weighted by atomic mass is 9.82. The fraction of sp³-hybridized carbons (Fsp3) is 0.212. The fourth-order valence-corrected chi connectivity index (χ4v) is 6.05. The maximum Gasteiger partial charge on any atom is 0.0450 e. The minimum Gasteiger partial charge on any atom is -0.338 e. The fourth-order valence-electron chi connectivity index (χ4n) is 5.92. The molecule has 4 aromatic carbocycles. The van der Waals surface area contributed by atoms with Crippen molar-refractivity contribution in [3.05, 3.63) is 130 Å². The van der Waals surface area contributed by atoms with Crippen molar-refractivity contribution in [3.8, 4) is 0 Å². The van der Waals surface area contributed by atoms with Gasteiger partial charge in [-0.2, -0.15) is 0 Å². The largest absolute Gasteiger partial charge is 0.338 e. The molecule has 1 aliphatic carbocycles. The summed E-state index contributed by atoms with van der Waals surface area (Å²) < 4.78 is 0. The van der Waals surface area contributed by atoms with E-state index in [1.807, 2.05) is 12.1 Å². The van der Waals surface area contributed by atoms with Crippen molar-refractivity contribution >= 4 is 34.6 Å². The van der Waals surface area contributed by atoms with Gasteiger partial charge >= 0.3 is 0 Å². The van der Waals surface area contributed by atoms with Crippen LogP contribution in [0.4, 0.5) is 11.4 Å². The summed E-state index contributed by atoms with van der Waals surface area (Å²) in [5.41, 5.74) is 10.4. The predicted molar refractivity (Wildman–Crippen MR) is 150 cm³/mol. The molecule has 174 valence electrons. The molecule has 2 atom stereocenters. The van der Waals surface area contributed by atoms with Crippen LogP contribution in [-0.4, -0.2) is 6.04 Å². The first-order valence-electron chi connectivity index (χ1n) is 12.7. The number of nitrogens with zero attached hydrogens (tertiary/aromatic N) is 1. The van der Waals surface area contributed by atoms with E-state index in [1.54, 1.807) is 0 Å². The molecule has 1 fully saturated rings. The van der Waals surface area contributed by atoms with E-state index in [1.165, 1.54) is 70.4 Å². The van der Waals surface area contributed by atoms with Crippen molar-refractivity contribution in [2.24, 2.45) is 0 Å². The van der Waals surface area contributed by atoms with Crippen molar-refractivity contribution < 1.29 is 0 Å². The standard InChI is InChI=1S/C33H30ClN/c1-23-11-18-28(19-12-23)35-32-10-6-5-9-29(32)31-22-24(13-20-33(31)35)21-30(25-7-3-2-4-8-25)26-14-16-27(34)17-15-26/h2-4,7-8,11-22,29,32H,5-6,9-10H2,1H3. The van der Waals surface area contributed by atoms with Gasteiger partial charge in [-0.1, -0.05) is 90.7 Å². The lowest BCUT2D eigenvalue weighted by Gasteiger charge is -2.33. The highest BCUT2D eigenvalue weighted by Crippen LogP contribution is 2.51. The third-order valence-electron chi connectivity index (χ3n) is 7.63. The normalized spacial score (nSPS) is 19.4. The lowest BCUT2D eigenvalue weighted by Crippen LogP contribution is -2.32. The molecule has 1 saturated carbocycles. The summed E-state index contributed by atoms with van der Waals surface area (Å²) in [5.74, 6) is 0.601. The van der Waals surface area contributed by atoms with Gasteiger partial charge in [0.2, 0.25) is 0 Å². The number of hydrogen-bond donors (Lipinski definition) is 0. The van der Waals surface area contributed by atoms with Gasteiger partial charge in [0.05, 0.1) is 0 Å². The Bertz CT molecular complexity index is 1350. The summed E-state index contributed by atoms with van der Waals surface area (Å²) in [7, 11) is 0. The molecule has 0 N–H and O–H groups in total. The van der Waals surface area contributed by atoms with Crippen LogP contribution in [0.3, 0.4) is 0 Å². The Labute approximate surface area is 213 Å². The molecule has 0 amide bonds. The molecule has 0 bridgehead atoms. The van der Waals surface area contributed by atoms with Gasteiger partial charge in [-0.3, -0.25) is 0 Å². The summed E-state index contributed by atoms with van der Waals surface area (Å²) in [5, 5.41) is 0.762. The van der Waals surface area contributed by atoms with Gasteiger partial charge in [0.15, 0.2) is 0 Å². The van der Waals surface area contributed by atoms with E-state index in [-0.39, 0.29) is 0 Å². The Morgan fingerprint density at radius 3 is 2.29 bits per heavy atom. The van der Waals surface area contributed by atoms with Crippen molar-refractivity contribution in [1.82, 2.24) is 0 Å². The molecule has 0 spiro atoms. The number of anilines is 2. The number of halogens is 1. The second-order valence-electron chi connectivity index (χ2n) is 9.91. The number of benzene rings is 4. The molecule has 35 heavy (non-hydrogen) atoms. The summed E-state index contributed by atoms with van der Waals surface area (Å²) in [4.78, 5) is 2.61. The highest BCUT2D eigenvalue weighted by atomic mass is 35.5. The van der Waals surface area contributed by atoms with Crippen LogP contribution in [0.5, 0.6) is 0 Å². The van der Waals surface area contributed by atoms with Crippen LogP contribution in [0.15, 0.2) is 97.1 Å². The van der Waals surface area contributed by atoms with Crippen LogP contribution >= 0.6 is 11.6 Å². The molecule has 1 aliphatic heterocycles. The molecule has 0 radical (unpaired) electrons. The van der Waals surface area contributed by atoms with Gasteiger partial charge in [0, 0.05) is 28.4 Å². The van der Waals surface area contributed by atoms with Crippen LogP contribution in [-0.2, 0) is 0 Å². The lowest BCUT2D eigenvalue weighted by molar-refractivity contribution is 0.402. The molecular formula is C33H30ClN. The average molecular weight is 476 g/mol. The van der Waals surface area contributed by atoms with Gasteiger partial charge in [0.25, 0.3) is 0 Å². The van der Waals surface area contributed by atoms with E-state index in [2.05, 4.69) is 103 Å². The van der Waals surface area contributed by atoms with E-state index in [9.17, 15) is 0 Å². The van der Waals surface area contributed by atoms with Crippen molar-refractivity contribution in [3.63, 3.8) is 0 Å². The number of hydrogen-bond acceptors (Lipinski definition) is 1. The van der Waals surface area contributed by atoms with E-state index < -0.39 is 0 Å². The summed E-state index contributed by atoms with van der Waals surface area (Å²) in [6.45, 7) is 2.16. The van der Waals surface area contributed by atoms with Crippen LogP contribution in [0.25, 0.3) is 11.6 Å². The maximum atomic E-state index is 6.20. The summed E-state index contributed by atoms with van der Waals surface area (Å²) in [6, 6.07) is 35.5. The quantitative estimate of drug-likeness (QED) is 0.265. The third kappa shape index (κ3) is 4.30. The third-order valence-corrected chi connectivity index (χ3v) is 7.89. The molecule has 1 heterocycles. The van der Waals surface area contributed by atoms with Gasteiger partial charge in [-0.25, -0.2) is 0 Å². The van der Waals surface area contributed by atoms with Gasteiger partial charge in [-0.15, -0.1) is 0 Å². The number of fused-ring (bicyclic) bond motifs is 3. The topological polar surface area (TPSA) is 3.24 Å². The highest BCUT2D eigenvalue weighted by Gasteiger charge is 2.40. The van der Waals surface area contributed by atoms with E-state index in [4.69, 9.17) is 11.6 Å². The Kier molecular flexibility index (Phi) is 5.96. The number of aryl methyl sites for hydroxylation is 1. The predicted octanol–water partition coefficient (Wildman–Crippen LogP) is 9.42. The first-order valence-corrected chi connectivity index (χ1v) is 13.1. The Hall–Kier alpha value is -3.29. The zero-order chi connectivity index (χ0) is 23.8. The average Bonchev–Trinajstić information content (AvgIpc) is 3.23. The molecular weight excluding hydrogens is 446 g/mol. The molecule has 2 unspecified atom stereocenters. The van der Waals surface area contributed by atoms with E-state index in [0.29, 0.717) is 12.0 Å². The Morgan fingerprint density at radius 1 is 0.800 bits per heavy atom. The smallest absolute Gasteiger partial charge is 0.0450 e. The Balaban J connectivity index is 1.45. The zero-order valence-corrected chi connectivity index (χ0v) is 20.9. The van der Waals surface area contributed by atoms with Crippen molar-refractivity contribution in [2.75, 3.05) is 4.90 Å². The number of rotatable bonds is 4. The Morgan fingerprint density at radius 2 is 1.51 bits per heavy atom. The molecule has 4 aromatic rings. The zero-order valence-electron chi connectivity index (χ0n) is 20.1. The van der Waals surface area contributed by atoms with Crippen LogP contribution in [0.2, 0.25) is 5.02 Å². The molecule has 1 nitrogen and oxygen atoms in total. The summed E-state index contributed by atoms with van der Waals surface area (Å²) in [6.07, 6.45) is 7.51. The molecule has 2 heteroatoms. The molecule has 2 aliphatic rings. The van der Waals surface area contributed by atoms with Crippen LogP contribution in [0, 0.1) is 6.92 Å². The van der Waals surface area contributed by atoms with E-state index >= 15 is 0 Å². The first-order chi connectivity index (χ1) is 17.2. The second kappa shape index (κ2) is 9.40. The SMILES string of the molecule is Cc1ccc(N2c3ccc(C=C(c4ccccc4)c4ccc(Cl)cc4)cc3C3CCCCC32)cc1. The summed E-state index contributed by atoms with van der Waals surface area (Å²) >= 11 is 6.20. The van der Waals surface area contributed by atoms with Crippen LogP contribution in [0.1, 0.15) is 59.4 Å². The highest BCUT2D eigenvalue weighted by molar-refractivity contribution is 6.30. The maximum absolute atomic E-state index is 6.20.